The summed E-state index contributed by atoms with van der Waals surface area (Å²) in [7, 11) is 0. The van der Waals surface area contributed by atoms with E-state index in [-0.39, 0.29) is 5.75 Å². The molecule has 2 rings (SSSR count). The third-order valence-corrected chi connectivity index (χ3v) is 2.15. The normalized spacial score (nSPS) is 17.5. The van der Waals surface area contributed by atoms with Crippen LogP contribution in [-0.4, -0.2) is 18.3 Å². The second kappa shape index (κ2) is 5.09. The van der Waals surface area contributed by atoms with Gasteiger partial charge in [-0.2, -0.15) is 10.2 Å². The van der Waals surface area contributed by atoms with Crippen LogP contribution in [0.25, 0.3) is 0 Å². The Morgan fingerprint density at radius 2 is 1.95 bits per heavy atom. The van der Waals surface area contributed by atoms with Gasteiger partial charge in [0, 0.05) is 11.9 Å². The number of amides is 1. The summed E-state index contributed by atoms with van der Waals surface area (Å²) in [6.07, 6.45) is -1.85. The first kappa shape index (κ1) is 13.1. The highest BCUT2D eigenvalue weighted by Gasteiger charge is 2.31. The standard InChI is InChI=1S/C11H8F3N3O2/c12-11(13,14)19-8-3-1-7(2-4-8)16-10(18)9-5-6-15-17-9/h1-6,9H,(H,16,18)/t9-/m0/s1. The minimum Gasteiger partial charge on any atom is -0.406 e. The molecule has 100 valence electrons. The van der Waals surface area contributed by atoms with Crippen LogP contribution < -0.4 is 10.1 Å². The average Bonchev–Trinajstić information content (AvgIpc) is 2.83. The average molecular weight is 271 g/mol. The molecule has 0 aliphatic carbocycles. The predicted octanol–water partition coefficient (Wildman–Crippen LogP) is 2.87. The molecule has 5 nitrogen and oxygen atoms in total. The Morgan fingerprint density at radius 3 is 2.47 bits per heavy atom. The van der Waals surface area contributed by atoms with Gasteiger partial charge in [-0.1, -0.05) is 0 Å². The third kappa shape index (κ3) is 3.80. The number of alkyl halides is 3. The zero-order valence-corrected chi connectivity index (χ0v) is 9.39. The largest absolute Gasteiger partial charge is 0.573 e. The second-order valence-electron chi connectivity index (χ2n) is 3.58. The minimum atomic E-state index is -4.74. The summed E-state index contributed by atoms with van der Waals surface area (Å²) >= 11 is 0. The number of halogens is 3. The number of nitrogens with zero attached hydrogens (tertiary/aromatic N) is 2. The van der Waals surface area contributed by atoms with Crippen molar-refractivity contribution in [3.8, 4) is 5.75 Å². The van der Waals surface area contributed by atoms with Crippen LogP contribution in [-0.2, 0) is 4.79 Å². The summed E-state index contributed by atoms with van der Waals surface area (Å²) in [5.74, 6) is -0.770. The molecule has 0 saturated carbocycles. The lowest BCUT2D eigenvalue weighted by Crippen LogP contribution is -2.23. The number of rotatable bonds is 3. The van der Waals surface area contributed by atoms with Crippen molar-refractivity contribution in [2.45, 2.75) is 12.4 Å². The van der Waals surface area contributed by atoms with Crippen LogP contribution >= 0.6 is 0 Å². The first-order chi connectivity index (χ1) is 8.94. The maximum atomic E-state index is 11.9. The highest BCUT2D eigenvalue weighted by atomic mass is 19.4. The number of anilines is 1. The summed E-state index contributed by atoms with van der Waals surface area (Å²) in [6.45, 7) is 0. The van der Waals surface area contributed by atoms with Crippen LogP contribution in [0.1, 0.15) is 0 Å². The monoisotopic (exact) mass is 271 g/mol. The van der Waals surface area contributed by atoms with Crippen LogP contribution in [0.2, 0.25) is 0 Å². The van der Waals surface area contributed by atoms with Gasteiger partial charge in [0.1, 0.15) is 5.75 Å². The molecule has 0 fully saturated rings. The number of hydrogen-bond donors (Lipinski definition) is 1. The molecule has 1 aromatic rings. The number of carbonyl (C=O) groups excluding carboxylic acids is 1. The Balaban J connectivity index is 1.97. The van der Waals surface area contributed by atoms with Crippen molar-refractivity contribution in [2.75, 3.05) is 5.32 Å². The van der Waals surface area contributed by atoms with Crippen LogP contribution in [0.4, 0.5) is 18.9 Å². The van der Waals surface area contributed by atoms with Crippen LogP contribution in [0.5, 0.6) is 5.75 Å². The molecule has 19 heavy (non-hydrogen) atoms. The Morgan fingerprint density at radius 1 is 1.26 bits per heavy atom. The van der Waals surface area contributed by atoms with Gasteiger partial charge in [-0.3, -0.25) is 4.79 Å². The van der Waals surface area contributed by atoms with Gasteiger partial charge in [-0.05, 0) is 30.3 Å². The van der Waals surface area contributed by atoms with Crippen LogP contribution in [0.3, 0.4) is 0 Å². The molecule has 1 atom stereocenters. The van der Waals surface area contributed by atoms with Gasteiger partial charge in [0.2, 0.25) is 0 Å². The fraction of sp³-hybridized carbons (Fsp3) is 0.182. The van der Waals surface area contributed by atoms with Crippen molar-refractivity contribution in [3.63, 3.8) is 0 Å². The highest BCUT2D eigenvalue weighted by Crippen LogP contribution is 2.24. The van der Waals surface area contributed by atoms with Crippen LogP contribution in [0, 0.1) is 0 Å². The van der Waals surface area contributed by atoms with E-state index in [0.29, 0.717) is 5.69 Å². The van der Waals surface area contributed by atoms with E-state index in [0.717, 1.165) is 12.1 Å². The van der Waals surface area contributed by atoms with Crippen molar-refractivity contribution < 1.29 is 22.7 Å². The molecule has 1 amide bonds. The smallest absolute Gasteiger partial charge is 0.406 e. The second-order valence-corrected chi connectivity index (χ2v) is 3.58. The highest BCUT2D eigenvalue weighted by molar-refractivity contribution is 5.96. The lowest BCUT2D eigenvalue weighted by Gasteiger charge is -2.10. The van der Waals surface area contributed by atoms with Crippen molar-refractivity contribution in [1.82, 2.24) is 0 Å². The van der Waals surface area contributed by atoms with E-state index in [9.17, 15) is 18.0 Å². The van der Waals surface area contributed by atoms with Crippen molar-refractivity contribution in [3.05, 3.63) is 36.5 Å². The zero-order valence-electron chi connectivity index (χ0n) is 9.39. The molecule has 0 spiro atoms. The fourth-order valence-electron chi connectivity index (χ4n) is 1.36. The number of ether oxygens (including phenoxy) is 1. The van der Waals surface area contributed by atoms with E-state index < -0.39 is 18.3 Å². The summed E-state index contributed by atoms with van der Waals surface area (Å²) in [5, 5.41) is 9.64. The quantitative estimate of drug-likeness (QED) is 0.918. The van der Waals surface area contributed by atoms with Crippen molar-refractivity contribution in [2.24, 2.45) is 10.2 Å². The van der Waals surface area contributed by atoms with Gasteiger partial charge >= 0.3 is 6.36 Å². The van der Waals surface area contributed by atoms with E-state index in [2.05, 4.69) is 20.3 Å². The van der Waals surface area contributed by atoms with Crippen molar-refractivity contribution >= 4 is 11.6 Å². The van der Waals surface area contributed by atoms with Gasteiger partial charge < -0.3 is 10.1 Å². The fourth-order valence-corrected chi connectivity index (χ4v) is 1.36. The molecule has 8 heteroatoms. The molecule has 1 aliphatic rings. The number of hydrogen-bond acceptors (Lipinski definition) is 4. The van der Waals surface area contributed by atoms with Crippen molar-refractivity contribution in [1.29, 1.82) is 0 Å². The van der Waals surface area contributed by atoms with Crippen LogP contribution in [0.15, 0.2) is 46.8 Å². The lowest BCUT2D eigenvalue weighted by atomic mass is 10.2. The molecule has 1 N–H and O–H groups in total. The van der Waals surface area contributed by atoms with Gasteiger partial charge in [0.15, 0.2) is 6.04 Å². The summed E-state index contributed by atoms with van der Waals surface area (Å²) < 4.78 is 39.5. The Bertz CT molecular complexity index is 511. The van der Waals surface area contributed by atoms with E-state index >= 15 is 0 Å². The molecule has 0 bridgehead atoms. The number of benzene rings is 1. The summed E-state index contributed by atoms with van der Waals surface area (Å²) in [6, 6.07) is 4.11. The zero-order chi connectivity index (χ0) is 13.9. The lowest BCUT2D eigenvalue weighted by molar-refractivity contribution is -0.274. The van der Waals surface area contributed by atoms with E-state index in [4.69, 9.17) is 0 Å². The topological polar surface area (TPSA) is 63.0 Å². The molecule has 1 heterocycles. The van der Waals surface area contributed by atoms with E-state index in [1.165, 1.54) is 24.4 Å². The van der Waals surface area contributed by atoms with Gasteiger partial charge in [-0.15, -0.1) is 13.2 Å². The molecular formula is C11H8F3N3O2. The number of nitrogens with one attached hydrogen (secondary N) is 1. The number of azo groups is 1. The first-order valence-corrected chi connectivity index (χ1v) is 5.17. The molecule has 0 radical (unpaired) electrons. The number of carbonyl (C=O) groups is 1. The Kier molecular flexibility index (Phi) is 3.50. The third-order valence-electron chi connectivity index (χ3n) is 2.15. The summed E-state index contributed by atoms with van der Waals surface area (Å²) in [4.78, 5) is 11.6. The SMILES string of the molecule is O=C(Nc1ccc(OC(F)(F)F)cc1)[C@@H]1C=CN=N1. The molecule has 1 aliphatic heterocycles. The molecule has 1 aromatic carbocycles. The molecule has 0 unspecified atom stereocenters. The Hall–Kier alpha value is -2.38. The Labute approximate surface area is 105 Å². The maximum absolute atomic E-state index is 11.9. The maximum Gasteiger partial charge on any atom is 0.573 e. The minimum absolute atomic E-state index is 0.343. The molecular weight excluding hydrogens is 263 g/mol. The van der Waals surface area contributed by atoms with Gasteiger partial charge in [-0.25, -0.2) is 0 Å². The molecule has 0 aromatic heterocycles. The predicted molar refractivity (Wildman–Crippen MR) is 59.5 cm³/mol. The molecule has 0 saturated heterocycles. The first-order valence-electron chi connectivity index (χ1n) is 5.17. The van der Waals surface area contributed by atoms with Gasteiger partial charge in [0.25, 0.3) is 5.91 Å². The van der Waals surface area contributed by atoms with E-state index in [1.807, 2.05) is 0 Å². The summed E-state index contributed by atoms with van der Waals surface area (Å²) in [5.41, 5.74) is 0.343. The van der Waals surface area contributed by atoms with E-state index in [1.54, 1.807) is 0 Å². The van der Waals surface area contributed by atoms with Gasteiger partial charge in [0.05, 0.1) is 0 Å².